The fourth-order valence-corrected chi connectivity index (χ4v) is 2.38. The van der Waals surface area contributed by atoms with Crippen LogP contribution in [0.4, 0.5) is 16.2 Å². The first-order chi connectivity index (χ1) is 11.4. The molecule has 126 valence electrons. The van der Waals surface area contributed by atoms with Crippen molar-refractivity contribution in [1.29, 1.82) is 0 Å². The van der Waals surface area contributed by atoms with Crippen LogP contribution in [0.15, 0.2) is 42.5 Å². The molecule has 0 aliphatic heterocycles. The lowest BCUT2D eigenvalue weighted by Gasteiger charge is -2.20. The number of carbonyl (C=O) groups excluding carboxylic acids is 2. The zero-order valence-electron chi connectivity index (χ0n) is 12.8. The van der Waals surface area contributed by atoms with E-state index in [9.17, 15) is 9.59 Å². The van der Waals surface area contributed by atoms with E-state index in [2.05, 4.69) is 5.32 Å². The van der Waals surface area contributed by atoms with Crippen LogP contribution in [0.3, 0.4) is 0 Å². The Morgan fingerprint density at radius 1 is 1.17 bits per heavy atom. The lowest BCUT2D eigenvalue weighted by Crippen LogP contribution is -2.44. The van der Waals surface area contributed by atoms with Gasteiger partial charge in [0.05, 0.1) is 10.7 Å². The molecule has 3 amide bonds. The van der Waals surface area contributed by atoms with Gasteiger partial charge in [-0.15, -0.1) is 0 Å². The Kier molecular flexibility index (Phi) is 5.89. The van der Waals surface area contributed by atoms with Gasteiger partial charge < -0.3 is 15.8 Å². The van der Waals surface area contributed by atoms with Gasteiger partial charge in [0.2, 0.25) is 5.91 Å². The average Bonchev–Trinajstić information content (AvgIpc) is 2.51. The predicted octanol–water partition coefficient (Wildman–Crippen LogP) is 3.67. The van der Waals surface area contributed by atoms with E-state index in [1.165, 1.54) is 13.0 Å². The largest absolute Gasteiger partial charge is 0.472 e. The van der Waals surface area contributed by atoms with Gasteiger partial charge in [-0.1, -0.05) is 23.2 Å². The van der Waals surface area contributed by atoms with Gasteiger partial charge in [-0.2, -0.15) is 0 Å². The van der Waals surface area contributed by atoms with Gasteiger partial charge in [-0.3, -0.25) is 4.79 Å². The number of nitrogens with one attached hydrogen (secondary N) is 1. The fraction of sp³-hybridized carbons (Fsp3) is 0.125. The number of rotatable bonds is 4. The molecule has 0 atom stereocenters. The topological polar surface area (TPSA) is 84.7 Å². The maximum atomic E-state index is 12.2. The smallest absolute Gasteiger partial charge is 0.331 e. The number of imide groups is 1. The number of nitrogens with zero attached hydrogens (tertiary/aromatic N) is 1. The number of hydrogen-bond acceptors (Lipinski definition) is 4. The lowest BCUT2D eigenvalue weighted by molar-refractivity contribution is -0.115. The van der Waals surface area contributed by atoms with Gasteiger partial charge >= 0.3 is 6.03 Å². The van der Waals surface area contributed by atoms with Gasteiger partial charge in [0.25, 0.3) is 0 Å². The summed E-state index contributed by atoms with van der Waals surface area (Å²) in [6.07, 6.45) is 0. The molecular formula is C16H15Cl2N3O3. The highest BCUT2D eigenvalue weighted by molar-refractivity contribution is 6.35. The van der Waals surface area contributed by atoms with Crippen LogP contribution in [0, 0.1) is 0 Å². The van der Waals surface area contributed by atoms with Crippen molar-refractivity contribution in [3.63, 3.8) is 0 Å². The second-order valence-corrected chi connectivity index (χ2v) is 5.63. The van der Waals surface area contributed by atoms with Crippen LogP contribution in [-0.2, 0) is 4.79 Å². The lowest BCUT2D eigenvalue weighted by atomic mass is 10.2. The molecule has 0 radical (unpaired) electrons. The molecule has 6 nitrogen and oxygen atoms in total. The van der Waals surface area contributed by atoms with Crippen molar-refractivity contribution in [1.82, 2.24) is 5.32 Å². The van der Waals surface area contributed by atoms with Crippen molar-refractivity contribution in [2.24, 2.45) is 0 Å². The Morgan fingerprint density at radius 3 is 2.42 bits per heavy atom. The third kappa shape index (κ3) is 4.53. The molecule has 0 saturated carbocycles. The van der Waals surface area contributed by atoms with E-state index in [0.717, 1.165) is 4.90 Å². The van der Waals surface area contributed by atoms with E-state index in [0.29, 0.717) is 27.2 Å². The minimum Gasteiger partial charge on any atom is -0.472 e. The first-order valence-corrected chi connectivity index (χ1v) is 7.66. The Hall–Kier alpha value is -2.44. The van der Waals surface area contributed by atoms with Crippen molar-refractivity contribution in [2.75, 3.05) is 17.4 Å². The Bertz CT molecular complexity index is 751. The van der Waals surface area contributed by atoms with Crippen LogP contribution in [0.2, 0.25) is 10.0 Å². The second-order valence-electron chi connectivity index (χ2n) is 4.79. The van der Waals surface area contributed by atoms with Crippen molar-refractivity contribution in [3.8, 4) is 5.75 Å². The van der Waals surface area contributed by atoms with Gasteiger partial charge in [0, 0.05) is 17.6 Å². The number of carbonyl (C=O) groups is 2. The van der Waals surface area contributed by atoms with Crippen molar-refractivity contribution >= 4 is 46.5 Å². The summed E-state index contributed by atoms with van der Waals surface area (Å²) >= 11 is 11.8. The molecule has 0 fully saturated rings. The van der Waals surface area contributed by atoms with E-state index >= 15 is 0 Å². The van der Waals surface area contributed by atoms with E-state index in [1.807, 2.05) is 0 Å². The molecule has 0 unspecified atom stereocenters. The van der Waals surface area contributed by atoms with E-state index in [1.54, 1.807) is 36.4 Å². The summed E-state index contributed by atoms with van der Waals surface area (Å²) in [5.74, 6) is -0.0787. The molecule has 2 rings (SSSR count). The molecule has 3 N–H and O–H groups in total. The minimum absolute atomic E-state index is 0.168. The summed E-state index contributed by atoms with van der Waals surface area (Å²) < 4.78 is 5.37. The van der Waals surface area contributed by atoms with Gasteiger partial charge in [0.15, 0.2) is 6.73 Å². The molecule has 0 aromatic heterocycles. The highest BCUT2D eigenvalue weighted by Crippen LogP contribution is 2.27. The van der Waals surface area contributed by atoms with Crippen LogP contribution in [0.1, 0.15) is 6.92 Å². The number of ether oxygens (including phenoxy) is 1. The Labute approximate surface area is 149 Å². The zero-order chi connectivity index (χ0) is 17.7. The number of amides is 3. The molecule has 0 saturated heterocycles. The SMILES string of the molecule is CC(=O)N(C(=O)NCOc1ccc(Cl)cc1Cl)c1ccc(N)cc1. The van der Waals surface area contributed by atoms with E-state index in [-0.39, 0.29) is 6.73 Å². The predicted molar refractivity (Wildman–Crippen MR) is 94.5 cm³/mol. The summed E-state index contributed by atoms with van der Waals surface area (Å²) in [5.41, 5.74) is 6.54. The quantitative estimate of drug-likeness (QED) is 0.637. The van der Waals surface area contributed by atoms with Crippen molar-refractivity contribution in [3.05, 3.63) is 52.5 Å². The molecule has 0 spiro atoms. The fourth-order valence-electron chi connectivity index (χ4n) is 1.91. The third-order valence-corrected chi connectivity index (χ3v) is 3.54. The molecule has 0 aliphatic rings. The van der Waals surface area contributed by atoms with Gasteiger partial charge in [-0.25, -0.2) is 9.69 Å². The number of anilines is 2. The molecule has 2 aromatic carbocycles. The zero-order valence-corrected chi connectivity index (χ0v) is 14.3. The van der Waals surface area contributed by atoms with Crippen LogP contribution < -0.4 is 20.7 Å². The summed E-state index contributed by atoms with van der Waals surface area (Å²) in [6, 6.07) is 10.4. The summed E-state index contributed by atoms with van der Waals surface area (Å²) in [5, 5.41) is 3.28. The van der Waals surface area contributed by atoms with Crippen molar-refractivity contribution < 1.29 is 14.3 Å². The molecule has 8 heteroatoms. The molecule has 2 aromatic rings. The normalized spacial score (nSPS) is 10.1. The van der Waals surface area contributed by atoms with Gasteiger partial charge in [-0.05, 0) is 42.5 Å². The number of hydrogen-bond donors (Lipinski definition) is 2. The minimum atomic E-state index is -0.627. The maximum Gasteiger partial charge on any atom is 0.331 e. The average molecular weight is 368 g/mol. The molecule has 0 bridgehead atoms. The first-order valence-electron chi connectivity index (χ1n) is 6.90. The highest BCUT2D eigenvalue weighted by Gasteiger charge is 2.20. The van der Waals surface area contributed by atoms with Gasteiger partial charge in [0.1, 0.15) is 5.75 Å². The number of nitrogen functional groups attached to an aromatic ring is 1. The standard InChI is InChI=1S/C16H15Cl2N3O3/c1-10(22)21(13-5-3-12(19)4-6-13)16(23)20-9-24-15-7-2-11(17)8-14(15)18/h2-8H,9,19H2,1H3,(H,20,23). The van der Waals surface area contributed by atoms with Crippen LogP contribution in [0.5, 0.6) is 5.75 Å². The number of benzene rings is 2. The molecular weight excluding hydrogens is 353 g/mol. The monoisotopic (exact) mass is 367 g/mol. The summed E-state index contributed by atoms with van der Waals surface area (Å²) in [7, 11) is 0. The molecule has 24 heavy (non-hydrogen) atoms. The van der Waals surface area contributed by atoms with Crippen LogP contribution in [-0.4, -0.2) is 18.7 Å². The highest BCUT2D eigenvalue weighted by atomic mass is 35.5. The number of nitrogens with two attached hydrogens (primary N) is 1. The number of halogens is 2. The summed E-state index contributed by atoms with van der Waals surface area (Å²) in [6.45, 7) is 1.12. The molecule has 0 aliphatic carbocycles. The van der Waals surface area contributed by atoms with Crippen LogP contribution >= 0.6 is 23.2 Å². The van der Waals surface area contributed by atoms with Crippen LogP contribution in [0.25, 0.3) is 0 Å². The maximum absolute atomic E-state index is 12.2. The third-order valence-electron chi connectivity index (χ3n) is 3.01. The Balaban J connectivity index is 2.01. The Morgan fingerprint density at radius 2 is 1.83 bits per heavy atom. The van der Waals surface area contributed by atoms with E-state index in [4.69, 9.17) is 33.7 Å². The summed E-state index contributed by atoms with van der Waals surface area (Å²) in [4.78, 5) is 25.0. The number of urea groups is 1. The van der Waals surface area contributed by atoms with E-state index < -0.39 is 11.9 Å². The van der Waals surface area contributed by atoms with Crippen molar-refractivity contribution in [2.45, 2.75) is 6.92 Å². The molecule has 0 heterocycles. The second kappa shape index (κ2) is 7.90. The first kappa shape index (κ1) is 17.9.